The summed E-state index contributed by atoms with van der Waals surface area (Å²) in [7, 11) is 0. The lowest BCUT2D eigenvalue weighted by Gasteiger charge is -2.43. The van der Waals surface area contributed by atoms with Crippen molar-refractivity contribution < 1.29 is 9.90 Å². The predicted octanol–water partition coefficient (Wildman–Crippen LogP) is 1.31. The summed E-state index contributed by atoms with van der Waals surface area (Å²) in [6.07, 6.45) is 7.78. The van der Waals surface area contributed by atoms with E-state index in [1.807, 2.05) is 11.1 Å². The average Bonchev–Trinajstić information content (AvgIpc) is 3.08. The first-order valence-electron chi connectivity index (χ1n) is 8.39. The van der Waals surface area contributed by atoms with Gasteiger partial charge < -0.3 is 15.0 Å². The van der Waals surface area contributed by atoms with Gasteiger partial charge in [-0.05, 0) is 19.4 Å². The van der Waals surface area contributed by atoms with Gasteiger partial charge >= 0.3 is 0 Å². The summed E-state index contributed by atoms with van der Waals surface area (Å²) in [5.74, 6) is 0.814. The third-order valence-electron chi connectivity index (χ3n) is 5.10. The molecule has 2 aliphatic rings. The smallest absolute Gasteiger partial charge is 0.254 e. The van der Waals surface area contributed by atoms with E-state index in [4.69, 9.17) is 0 Å². The van der Waals surface area contributed by atoms with E-state index < -0.39 is 5.60 Å². The molecular formula is C16H26N4O2. The fourth-order valence-corrected chi connectivity index (χ4v) is 3.75. The van der Waals surface area contributed by atoms with E-state index in [9.17, 15) is 9.90 Å². The third kappa shape index (κ3) is 2.90. The second-order valence-corrected chi connectivity index (χ2v) is 6.46. The number of amides is 1. The zero-order valence-corrected chi connectivity index (χ0v) is 13.3. The van der Waals surface area contributed by atoms with Crippen LogP contribution >= 0.6 is 0 Å². The van der Waals surface area contributed by atoms with Gasteiger partial charge in [-0.25, -0.2) is 4.98 Å². The number of piperazine rings is 1. The Kier molecular flexibility index (Phi) is 4.49. The molecule has 2 fully saturated rings. The van der Waals surface area contributed by atoms with Crippen LogP contribution < -0.4 is 0 Å². The van der Waals surface area contributed by atoms with Crippen LogP contribution in [0.2, 0.25) is 0 Å². The molecule has 1 aromatic heterocycles. The van der Waals surface area contributed by atoms with E-state index in [1.54, 1.807) is 6.20 Å². The Balaban J connectivity index is 1.74. The van der Waals surface area contributed by atoms with Crippen molar-refractivity contribution in [3.8, 4) is 0 Å². The first-order valence-corrected chi connectivity index (χ1v) is 8.39. The van der Waals surface area contributed by atoms with Gasteiger partial charge in [0, 0.05) is 32.0 Å². The molecule has 1 aliphatic carbocycles. The summed E-state index contributed by atoms with van der Waals surface area (Å²) in [6.45, 7) is 5.16. The average molecular weight is 306 g/mol. The summed E-state index contributed by atoms with van der Waals surface area (Å²) in [4.78, 5) is 24.5. The van der Waals surface area contributed by atoms with E-state index in [0.717, 1.165) is 38.2 Å². The highest BCUT2D eigenvalue weighted by atomic mass is 16.3. The summed E-state index contributed by atoms with van der Waals surface area (Å²) >= 11 is 0. The first kappa shape index (κ1) is 15.5. The van der Waals surface area contributed by atoms with Crippen LogP contribution in [0.15, 0.2) is 12.4 Å². The minimum atomic E-state index is -1.14. The van der Waals surface area contributed by atoms with Crippen molar-refractivity contribution in [3.05, 3.63) is 18.2 Å². The number of hydrogen-bond donors (Lipinski definition) is 2. The maximum Gasteiger partial charge on any atom is 0.254 e. The Morgan fingerprint density at radius 3 is 2.82 bits per heavy atom. The quantitative estimate of drug-likeness (QED) is 0.883. The minimum Gasteiger partial charge on any atom is -0.380 e. The van der Waals surface area contributed by atoms with Gasteiger partial charge in [0.05, 0.1) is 6.04 Å². The molecule has 1 saturated carbocycles. The Bertz CT molecular complexity index is 496. The molecule has 1 amide bonds. The van der Waals surface area contributed by atoms with Crippen molar-refractivity contribution in [1.29, 1.82) is 0 Å². The van der Waals surface area contributed by atoms with Crippen molar-refractivity contribution in [3.63, 3.8) is 0 Å². The molecule has 6 nitrogen and oxygen atoms in total. The van der Waals surface area contributed by atoms with Gasteiger partial charge in [-0.1, -0.05) is 26.2 Å². The number of rotatable bonds is 3. The van der Waals surface area contributed by atoms with Gasteiger partial charge in [0.15, 0.2) is 0 Å². The molecule has 6 heteroatoms. The number of hydrogen-bond acceptors (Lipinski definition) is 4. The summed E-state index contributed by atoms with van der Waals surface area (Å²) in [6, 6.07) is 0.0879. The van der Waals surface area contributed by atoms with Crippen LogP contribution in [0.4, 0.5) is 0 Å². The van der Waals surface area contributed by atoms with Crippen molar-refractivity contribution in [2.45, 2.75) is 50.7 Å². The highest BCUT2D eigenvalue weighted by Crippen LogP contribution is 2.32. The molecule has 1 aromatic rings. The van der Waals surface area contributed by atoms with E-state index in [0.29, 0.717) is 25.9 Å². The fourth-order valence-electron chi connectivity index (χ4n) is 3.75. The molecule has 0 bridgehead atoms. The number of aliphatic hydroxyl groups is 1. The Morgan fingerprint density at radius 1 is 1.41 bits per heavy atom. The van der Waals surface area contributed by atoms with Crippen LogP contribution in [0.3, 0.4) is 0 Å². The second-order valence-electron chi connectivity index (χ2n) is 6.46. The monoisotopic (exact) mass is 306 g/mol. The predicted molar refractivity (Wildman–Crippen MR) is 83.2 cm³/mol. The lowest BCUT2D eigenvalue weighted by Crippen LogP contribution is -2.57. The van der Waals surface area contributed by atoms with E-state index >= 15 is 0 Å². The number of imidazole rings is 1. The number of carbonyl (C=O) groups excluding carboxylic acids is 1. The Hall–Kier alpha value is -1.40. The van der Waals surface area contributed by atoms with Gasteiger partial charge in [-0.2, -0.15) is 0 Å². The van der Waals surface area contributed by atoms with Crippen molar-refractivity contribution in [2.75, 3.05) is 26.2 Å². The molecule has 122 valence electrons. The van der Waals surface area contributed by atoms with Crippen LogP contribution in [-0.4, -0.2) is 62.6 Å². The summed E-state index contributed by atoms with van der Waals surface area (Å²) in [5, 5.41) is 10.7. The molecule has 0 aromatic carbocycles. The lowest BCUT2D eigenvalue weighted by molar-refractivity contribution is -0.157. The van der Waals surface area contributed by atoms with Gasteiger partial charge in [-0.3, -0.25) is 9.69 Å². The number of carbonyl (C=O) groups is 1. The second kappa shape index (κ2) is 6.38. The largest absolute Gasteiger partial charge is 0.380 e. The van der Waals surface area contributed by atoms with Crippen molar-refractivity contribution >= 4 is 5.91 Å². The molecule has 0 radical (unpaired) electrons. The minimum absolute atomic E-state index is 0.0838. The van der Waals surface area contributed by atoms with Crippen molar-refractivity contribution in [2.24, 2.45) is 0 Å². The molecule has 22 heavy (non-hydrogen) atoms. The molecule has 2 N–H and O–H groups in total. The number of aromatic nitrogens is 2. The van der Waals surface area contributed by atoms with Crippen LogP contribution in [0, 0.1) is 0 Å². The zero-order chi connectivity index (χ0) is 15.6. The lowest BCUT2D eigenvalue weighted by atomic mass is 9.83. The maximum absolute atomic E-state index is 12.8. The van der Waals surface area contributed by atoms with Gasteiger partial charge in [0.25, 0.3) is 5.91 Å². The standard InChI is InChI=1S/C16H26N4O2/c1-2-19-10-11-20(12-13(19)14-17-8-9-18-14)15(21)16(22)6-4-3-5-7-16/h8-9,13,22H,2-7,10-12H2,1H3,(H,17,18)/t13-/m1/s1. The molecule has 1 atom stereocenters. The SMILES string of the molecule is CCN1CCN(C(=O)C2(O)CCCCC2)C[C@@H]1c1ncc[nH]1. The molecule has 1 saturated heterocycles. The van der Waals surface area contributed by atoms with Gasteiger partial charge in [0.2, 0.25) is 0 Å². The topological polar surface area (TPSA) is 72.5 Å². The molecule has 3 rings (SSSR count). The third-order valence-corrected chi connectivity index (χ3v) is 5.10. The van der Waals surface area contributed by atoms with Crippen LogP contribution in [0.1, 0.15) is 50.9 Å². The molecule has 0 spiro atoms. The molecule has 0 unspecified atom stereocenters. The summed E-state index contributed by atoms with van der Waals surface area (Å²) in [5.41, 5.74) is -1.14. The Morgan fingerprint density at radius 2 is 2.18 bits per heavy atom. The first-order chi connectivity index (χ1) is 10.6. The van der Waals surface area contributed by atoms with E-state index in [2.05, 4.69) is 21.8 Å². The summed E-state index contributed by atoms with van der Waals surface area (Å²) < 4.78 is 0. The van der Waals surface area contributed by atoms with Crippen LogP contribution in [0.25, 0.3) is 0 Å². The molecular weight excluding hydrogens is 280 g/mol. The highest BCUT2D eigenvalue weighted by molar-refractivity contribution is 5.85. The van der Waals surface area contributed by atoms with Gasteiger partial charge in [0.1, 0.15) is 11.4 Å². The maximum atomic E-state index is 12.8. The molecule has 2 heterocycles. The van der Waals surface area contributed by atoms with Crippen molar-refractivity contribution in [1.82, 2.24) is 19.8 Å². The van der Waals surface area contributed by atoms with Gasteiger partial charge in [-0.15, -0.1) is 0 Å². The number of likely N-dealkylation sites (N-methyl/N-ethyl adjacent to an activating group) is 1. The van der Waals surface area contributed by atoms with E-state index in [-0.39, 0.29) is 11.9 Å². The van der Waals surface area contributed by atoms with Crippen LogP contribution in [-0.2, 0) is 4.79 Å². The number of H-pyrrole nitrogens is 1. The Labute approximate surface area is 131 Å². The zero-order valence-electron chi connectivity index (χ0n) is 13.3. The van der Waals surface area contributed by atoms with E-state index in [1.165, 1.54) is 0 Å². The highest BCUT2D eigenvalue weighted by Gasteiger charge is 2.42. The number of nitrogens with one attached hydrogen (secondary N) is 1. The van der Waals surface area contributed by atoms with Crippen LogP contribution in [0.5, 0.6) is 0 Å². The number of nitrogens with zero attached hydrogens (tertiary/aromatic N) is 3. The fraction of sp³-hybridized carbons (Fsp3) is 0.750. The number of aromatic amines is 1. The normalized spacial score (nSPS) is 26.1. The molecule has 1 aliphatic heterocycles.